The summed E-state index contributed by atoms with van der Waals surface area (Å²) < 4.78 is 30.9. The Kier molecular flexibility index (Phi) is 4.45. The van der Waals surface area contributed by atoms with Gasteiger partial charge in [0.15, 0.2) is 0 Å². The first kappa shape index (κ1) is 20.3. The van der Waals surface area contributed by atoms with Gasteiger partial charge in [0, 0.05) is 36.0 Å². The van der Waals surface area contributed by atoms with Crippen LogP contribution < -0.4 is 11.5 Å². The number of nitrogens with one attached hydrogen (secondary N) is 1. The number of hydrogen-bond donors (Lipinski definition) is 3. The summed E-state index contributed by atoms with van der Waals surface area (Å²) in [4.78, 5) is 36.0. The lowest BCUT2D eigenvalue weighted by Crippen LogP contribution is -2.17. The van der Waals surface area contributed by atoms with Crippen LogP contribution in [0.4, 0.5) is 14.7 Å². The number of hydrogen-bond acceptors (Lipinski definition) is 5. The van der Waals surface area contributed by atoms with Gasteiger partial charge in [0.25, 0.3) is 5.91 Å². The number of pyridine rings is 1. The molecule has 1 amide bonds. The van der Waals surface area contributed by atoms with Crippen LogP contribution in [0.3, 0.4) is 0 Å². The molecule has 0 spiro atoms. The second kappa shape index (κ2) is 7.23. The van der Waals surface area contributed by atoms with Crippen LogP contribution in [-0.4, -0.2) is 31.2 Å². The molecule has 0 saturated heterocycles. The lowest BCUT2D eigenvalue weighted by atomic mass is 9.98. The van der Waals surface area contributed by atoms with Gasteiger partial charge in [-0.05, 0) is 35.9 Å². The van der Waals surface area contributed by atoms with Crippen molar-refractivity contribution >= 4 is 39.7 Å². The summed E-state index contributed by atoms with van der Waals surface area (Å²) in [5, 5.41) is 0.362. The molecule has 0 bridgehead atoms. The van der Waals surface area contributed by atoms with Crippen molar-refractivity contribution in [3.63, 3.8) is 0 Å². The van der Waals surface area contributed by atoms with Gasteiger partial charge in [-0.2, -0.15) is 0 Å². The van der Waals surface area contributed by atoms with Gasteiger partial charge in [0.2, 0.25) is 11.7 Å². The highest BCUT2D eigenvalue weighted by atomic mass is 19.1. The van der Waals surface area contributed by atoms with Gasteiger partial charge in [0.05, 0.1) is 22.2 Å². The molecule has 0 atom stereocenters. The Hall–Kier alpha value is -4.60. The topological polar surface area (TPSA) is 133 Å². The van der Waals surface area contributed by atoms with Crippen molar-refractivity contribution in [1.82, 2.24) is 19.5 Å². The molecular weight excluding hydrogens is 430 g/mol. The Morgan fingerprint density at radius 3 is 2.61 bits per heavy atom. The summed E-state index contributed by atoms with van der Waals surface area (Å²) in [5.41, 5.74) is 12.9. The number of rotatable bonds is 4. The van der Waals surface area contributed by atoms with E-state index in [1.54, 1.807) is 23.9 Å². The zero-order valence-corrected chi connectivity index (χ0v) is 17.2. The number of primary amides is 1. The molecule has 5 rings (SSSR count). The van der Waals surface area contributed by atoms with E-state index < -0.39 is 34.5 Å². The molecule has 33 heavy (non-hydrogen) atoms. The number of ketones is 1. The second-order valence-electron chi connectivity index (χ2n) is 7.53. The number of benzene rings is 2. The molecule has 0 aliphatic heterocycles. The van der Waals surface area contributed by atoms with Crippen LogP contribution in [0, 0.1) is 11.6 Å². The number of H-pyrrole nitrogens is 1. The highest BCUT2D eigenvalue weighted by Crippen LogP contribution is 2.30. The summed E-state index contributed by atoms with van der Waals surface area (Å²) in [5.74, 6) is -4.07. The summed E-state index contributed by atoms with van der Waals surface area (Å²) in [6.07, 6.45) is 2.93. The number of carbonyl (C=O) groups is 2. The fourth-order valence-corrected chi connectivity index (χ4v) is 3.83. The van der Waals surface area contributed by atoms with Gasteiger partial charge < -0.3 is 21.0 Å². The highest BCUT2D eigenvalue weighted by Gasteiger charge is 2.26. The van der Waals surface area contributed by atoms with Crippen molar-refractivity contribution < 1.29 is 18.4 Å². The molecule has 3 aromatic heterocycles. The number of nitrogens with two attached hydrogens (primary N) is 2. The molecule has 2 aromatic carbocycles. The molecular formula is C23H16F2N6O2. The van der Waals surface area contributed by atoms with Gasteiger partial charge in [0.1, 0.15) is 17.3 Å². The number of aromatic amines is 1. The van der Waals surface area contributed by atoms with Crippen LogP contribution in [0.25, 0.3) is 33.2 Å². The van der Waals surface area contributed by atoms with Crippen molar-refractivity contribution in [2.75, 3.05) is 5.73 Å². The van der Waals surface area contributed by atoms with Crippen molar-refractivity contribution in [1.29, 1.82) is 0 Å². The highest BCUT2D eigenvalue weighted by molar-refractivity contribution is 6.17. The van der Waals surface area contributed by atoms with E-state index in [0.29, 0.717) is 28.1 Å². The van der Waals surface area contributed by atoms with Crippen LogP contribution >= 0.6 is 0 Å². The average molecular weight is 446 g/mol. The second-order valence-corrected chi connectivity index (χ2v) is 7.53. The van der Waals surface area contributed by atoms with Crippen molar-refractivity contribution in [3.8, 4) is 11.1 Å². The number of nitrogen functional groups attached to an aromatic ring is 1. The molecule has 5 N–H and O–H groups in total. The lowest BCUT2D eigenvalue weighted by Gasteiger charge is -2.07. The third kappa shape index (κ3) is 3.11. The number of imidazole rings is 1. The molecule has 5 aromatic rings. The fourth-order valence-electron chi connectivity index (χ4n) is 3.83. The summed E-state index contributed by atoms with van der Waals surface area (Å²) in [6, 6.07) is 8.98. The number of halogens is 2. The SMILES string of the molecule is Cn1c(N)nc2cc(-c3cnc4[nH]cc(C(=O)c5c(F)ccc(C(N)=O)c5F)c4c3)ccc21. The van der Waals surface area contributed by atoms with Gasteiger partial charge in [-0.15, -0.1) is 0 Å². The number of nitrogens with zero attached hydrogens (tertiary/aromatic N) is 3. The Balaban J connectivity index is 1.64. The molecule has 3 heterocycles. The maximum absolute atomic E-state index is 14.7. The van der Waals surface area contributed by atoms with E-state index >= 15 is 0 Å². The maximum Gasteiger partial charge on any atom is 0.251 e. The predicted octanol–water partition coefficient (Wildman–Crippen LogP) is 3.31. The Bertz CT molecular complexity index is 1620. The fraction of sp³-hybridized carbons (Fsp3) is 0.0435. The van der Waals surface area contributed by atoms with Gasteiger partial charge in [-0.25, -0.2) is 18.7 Å². The van der Waals surface area contributed by atoms with E-state index in [1.165, 1.54) is 6.20 Å². The largest absolute Gasteiger partial charge is 0.369 e. The third-order valence-corrected chi connectivity index (χ3v) is 5.61. The smallest absolute Gasteiger partial charge is 0.251 e. The van der Waals surface area contributed by atoms with Gasteiger partial charge >= 0.3 is 0 Å². The zero-order valence-electron chi connectivity index (χ0n) is 17.2. The maximum atomic E-state index is 14.7. The standard InChI is InChI=1S/C23H16F2N6O2/c1-31-17-5-2-10(7-16(17)30-23(31)27)11-6-13-14(9-29-22(13)28-8-11)20(32)18-15(24)4-3-12(19(18)25)21(26)33/h2-9H,1H3,(H2,26,33)(H2,27,30)(H,28,29). The molecule has 0 aliphatic carbocycles. The monoisotopic (exact) mass is 446 g/mol. The minimum absolute atomic E-state index is 0.00179. The summed E-state index contributed by atoms with van der Waals surface area (Å²) in [7, 11) is 1.81. The van der Waals surface area contributed by atoms with Gasteiger partial charge in [-0.1, -0.05) is 6.07 Å². The van der Waals surface area contributed by atoms with Crippen LogP contribution in [0.1, 0.15) is 26.3 Å². The van der Waals surface area contributed by atoms with E-state index in [2.05, 4.69) is 15.0 Å². The average Bonchev–Trinajstić information content (AvgIpc) is 3.33. The van der Waals surface area contributed by atoms with Crippen molar-refractivity contribution in [2.45, 2.75) is 0 Å². The van der Waals surface area contributed by atoms with E-state index in [1.807, 2.05) is 18.2 Å². The third-order valence-electron chi connectivity index (χ3n) is 5.61. The molecule has 8 nitrogen and oxygen atoms in total. The van der Waals surface area contributed by atoms with E-state index in [0.717, 1.165) is 23.2 Å². The Morgan fingerprint density at radius 1 is 1.06 bits per heavy atom. The summed E-state index contributed by atoms with van der Waals surface area (Å²) in [6.45, 7) is 0. The minimum Gasteiger partial charge on any atom is -0.369 e. The zero-order chi connectivity index (χ0) is 23.4. The normalized spacial score (nSPS) is 11.4. The predicted molar refractivity (Wildman–Crippen MR) is 119 cm³/mol. The lowest BCUT2D eigenvalue weighted by molar-refractivity contribution is 0.0996. The van der Waals surface area contributed by atoms with Crippen molar-refractivity contribution in [2.24, 2.45) is 12.8 Å². The van der Waals surface area contributed by atoms with Crippen LogP contribution in [0.5, 0.6) is 0 Å². The molecule has 0 aliphatic rings. The van der Waals surface area contributed by atoms with Crippen LogP contribution in [0.2, 0.25) is 0 Å². The first-order chi connectivity index (χ1) is 15.8. The van der Waals surface area contributed by atoms with Crippen LogP contribution in [0.15, 0.2) is 48.8 Å². The van der Waals surface area contributed by atoms with Crippen LogP contribution in [-0.2, 0) is 7.05 Å². The Morgan fingerprint density at radius 2 is 1.85 bits per heavy atom. The number of fused-ring (bicyclic) bond motifs is 2. The quantitative estimate of drug-likeness (QED) is 0.364. The number of aryl methyl sites for hydroxylation is 1. The number of amides is 1. The summed E-state index contributed by atoms with van der Waals surface area (Å²) >= 11 is 0. The minimum atomic E-state index is -1.30. The van der Waals surface area contributed by atoms with E-state index in [9.17, 15) is 18.4 Å². The first-order valence-corrected chi connectivity index (χ1v) is 9.78. The Labute approximate surface area is 184 Å². The molecule has 164 valence electrons. The molecule has 0 fully saturated rings. The van der Waals surface area contributed by atoms with E-state index in [-0.39, 0.29) is 5.56 Å². The van der Waals surface area contributed by atoms with E-state index in [4.69, 9.17) is 11.5 Å². The molecule has 0 radical (unpaired) electrons. The number of aromatic nitrogens is 4. The first-order valence-electron chi connectivity index (χ1n) is 9.78. The van der Waals surface area contributed by atoms with Gasteiger partial charge in [-0.3, -0.25) is 9.59 Å². The number of anilines is 1. The van der Waals surface area contributed by atoms with Crippen molar-refractivity contribution in [3.05, 3.63) is 77.1 Å². The number of carbonyl (C=O) groups excluding carboxylic acids is 2. The molecule has 0 unspecified atom stereocenters. The molecule has 10 heteroatoms. The molecule has 0 saturated carbocycles.